The van der Waals surface area contributed by atoms with E-state index in [1.165, 1.54) is 27.7 Å². The highest BCUT2D eigenvalue weighted by atomic mass is 16.5. The van der Waals surface area contributed by atoms with Crippen LogP contribution in [0.4, 0.5) is 0 Å². The minimum absolute atomic E-state index is 0.0394. The second-order valence-corrected chi connectivity index (χ2v) is 12.3. The van der Waals surface area contributed by atoms with Crippen LogP contribution in [0.25, 0.3) is 16.5 Å². The van der Waals surface area contributed by atoms with Gasteiger partial charge in [0, 0.05) is 29.0 Å². The van der Waals surface area contributed by atoms with Gasteiger partial charge in [0.1, 0.15) is 6.10 Å². The Kier molecular flexibility index (Phi) is 4.69. The Morgan fingerprint density at radius 1 is 1.11 bits per heavy atom. The van der Waals surface area contributed by atoms with Crippen molar-refractivity contribution in [3.8, 4) is 0 Å². The number of aliphatic hydroxyl groups excluding tert-OH is 2. The standard InChI is InChI=1S/C31H36N2O3/c1-18-16-29(2)21(19-7-5-9-24-20(19)8-6-14-32-24)10-11-26(29)31-13-12-30(36-31)17-25(33(3)4)28(35)27(34)23(30)15-22(18)31/h5-10,14-15,25-28,34-35H,11-13,16-17H2,1-4H3. The molecule has 188 valence electrons. The maximum Gasteiger partial charge on any atom is 0.105 e. The van der Waals surface area contributed by atoms with Crippen molar-refractivity contribution >= 4 is 16.5 Å². The number of allylic oxidation sites excluding steroid dienone is 3. The lowest BCUT2D eigenvalue weighted by molar-refractivity contribution is -0.162. The van der Waals surface area contributed by atoms with Crippen LogP contribution in [0.15, 0.2) is 65.4 Å². The summed E-state index contributed by atoms with van der Waals surface area (Å²) in [4.78, 5) is 6.66. The number of aliphatic hydroxyl groups is 2. The summed E-state index contributed by atoms with van der Waals surface area (Å²) >= 11 is 0. The van der Waals surface area contributed by atoms with Gasteiger partial charge in [0.2, 0.25) is 0 Å². The minimum atomic E-state index is -0.892. The van der Waals surface area contributed by atoms with E-state index < -0.39 is 17.8 Å². The fourth-order valence-electron chi connectivity index (χ4n) is 8.76. The molecule has 0 radical (unpaired) electrons. The van der Waals surface area contributed by atoms with Crippen molar-refractivity contribution in [2.75, 3.05) is 14.1 Å². The summed E-state index contributed by atoms with van der Waals surface area (Å²) < 4.78 is 7.33. The van der Waals surface area contributed by atoms with Crippen molar-refractivity contribution in [2.45, 2.75) is 75.4 Å². The number of rotatable bonds is 2. The van der Waals surface area contributed by atoms with Crippen LogP contribution in [0.2, 0.25) is 0 Å². The molecule has 3 aliphatic carbocycles. The Balaban J connectivity index is 1.36. The fraction of sp³-hybridized carbons (Fsp3) is 0.516. The van der Waals surface area contributed by atoms with Gasteiger partial charge in [-0.25, -0.2) is 0 Å². The van der Waals surface area contributed by atoms with Crippen LogP contribution in [0.3, 0.4) is 0 Å². The lowest BCUT2D eigenvalue weighted by Crippen LogP contribution is -2.62. The van der Waals surface area contributed by atoms with Crippen molar-refractivity contribution < 1.29 is 14.9 Å². The maximum atomic E-state index is 11.2. The third-order valence-electron chi connectivity index (χ3n) is 10.3. The van der Waals surface area contributed by atoms with E-state index in [0.717, 1.165) is 43.2 Å². The highest BCUT2D eigenvalue weighted by molar-refractivity contribution is 5.93. The molecular weight excluding hydrogens is 448 g/mol. The number of likely N-dealkylation sites (N-methyl/N-ethyl adjacent to an activating group) is 1. The van der Waals surface area contributed by atoms with Gasteiger partial charge in [-0.3, -0.25) is 4.98 Å². The number of aromatic nitrogens is 1. The molecule has 2 spiro atoms. The Morgan fingerprint density at radius 2 is 1.94 bits per heavy atom. The Labute approximate surface area is 213 Å². The summed E-state index contributed by atoms with van der Waals surface area (Å²) in [6, 6.07) is 10.6. The molecule has 1 saturated carbocycles. The molecule has 7 unspecified atom stereocenters. The van der Waals surface area contributed by atoms with Gasteiger partial charge in [-0.05, 0) is 87.5 Å². The number of nitrogens with zero attached hydrogens (tertiary/aromatic N) is 2. The quantitative estimate of drug-likeness (QED) is 0.650. The molecule has 36 heavy (non-hydrogen) atoms. The predicted octanol–water partition coefficient (Wildman–Crippen LogP) is 4.65. The van der Waals surface area contributed by atoms with Gasteiger partial charge in [0.05, 0.1) is 22.8 Å². The zero-order valence-corrected chi connectivity index (χ0v) is 21.7. The van der Waals surface area contributed by atoms with Crippen LogP contribution < -0.4 is 0 Å². The smallest absolute Gasteiger partial charge is 0.105 e. The molecule has 0 amide bonds. The summed E-state index contributed by atoms with van der Waals surface area (Å²) in [5.41, 5.74) is 6.37. The molecule has 7 atom stereocenters. The molecule has 5 nitrogen and oxygen atoms in total. The van der Waals surface area contributed by atoms with Gasteiger partial charge in [-0.1, -0.05) is 42.8 Å². The van der Waals surface area contributed by atoms with E-state index in [1.807, 2.05) is 31.3 Å². The van der Waals surface area contributed by atoms with Gasteiger partial charge in [0.25, 0.3) is 0 Å². The molecule has 2 bridgehead atoms. The first-order valence-corrected chi connectivity index (χ1v) is 13.4. The topological polar surface area (TPSA) is 65.8 Å². The third kappa shape index (κ3) is 2.72. The molecule has 2 aromatic rings. The number of ether oxygens (including phenoxy) is 1. The molecule has 1 saturated heterocycles. The van der Waals surface area contributed by atoms with E-state index in [4.69, 9.17) is 4.74 Å². The molecule has 5 aliphatic rings. The van der Waals surface area contributed by atoms with Gasteiger partial charge in [-0.2, -0.15) is 0 Å². The first kappa shape index (κ1) is 22.9. The van der Waals surface area contributed by atoms with Crippen molar-refractivity contribution in [3.05, 3.63) is 71.0 Å². The summed E-state index contributed by atoms with van der Waals surface area (Å²) in [7, 11) is 3.97. The highest BCUT2D eigenvalue weighted by Gasteiger charge is 2.68. The van der Waals surface area contributed by atoms with Crippen molar-refractivity contribution in [1.29, 1.82) is 0 Å². The summed E-state index contributed by atoms with van der Waals surface area (Å²) in [6.07, 6.45) is 9.41. The van der Waals surface area contributed by atoms with E-state index >= 15 is 0 Å². The van der Waals surface area contributed by atoms with Crippen LogP contribution in [-0.4, -0.2) is 63.6 Å². The Morgan fingerprint density at radius 3 is 2.75 bits per heavy atom. The van der Waals surface area contributed by atoms with Gasteiger partial charge >= 0.3 is 0 Å². The second kappa shape index (κ2) is 7.38. The average molecular weight is 485 g/mol. The van der Waals surface area contributed by atoms with Crippen molar-refractivity contribution in [2.24, 2.45) is 11.3 Å². The van der Waals surface area contributed by atoms with Gasteiger partial charge in [-0.15, -0.1) is 0 Å². The number of pyridine rings is 1. The van der Waals surface area contributed by atoms with E-state index in [1.54, 1.807) is 0 Å². The number of fused-ring (bicyclic) bond motifs is 2. The van der Waals surface area contributed by atoms with Crippen LogP contribution in [-0.2, 0) is 4.74 Å². The van der Waals surface area contributed by atoms with Crippen LogP contribution in [0.5, 0.6) is 0 Å². The van der Waals surface area contributed by atoms with Crippen molar-refractivity contribution in [3.63, 3.8) is 0 Å². The van der Waals surface area contributed by atoms with Gasteiger partial charge < -0.3 is 19.8 Å². The fourth-order valence-corrected chi connectivity index (χ4v) is 8.76. The van der Waals surface area contributed by atoms with Gasteiger partial charge in [0.15, 0.2) is 0 Å². The highest BCUT2D eigenvalue weighted by Crippen LogP contribution is 2.69. The summed E-state index contributed by atoms with van der Waals surface area (Å²) in [6.45, 7) is 4.69. The molecule has 5 heteroatoms. The van der Waals surface area contributed by atoms with E-state index in [-0.39, 0.29) is 17.1 Å². The third-order valence-corrected chi connectivity index (χ3v) is 10.3. The largest absolute Gasteiger partial charge is 0.388 e. The Hall–Kier alpha value is -2.31. The summed E-state index contributed by atoms with van der Waals surface area (Å²) in [5.74, 6) is 0.338. The zero-order chi connectivity index (χ0) is 25.0. The van der Waals surface area contributed by atoms with E-state index in [2.05, 4.69) is 55.2 Å². The van der Waals surface area contributed by atoms with Crippen LogP contribution >= 0.6 is 0 Å². The maximum absolute atomic E-state index is 11.2. The first-order valence-electron chi connectivity index (χ1n) is 13.4. The molecule has 3 heterocycles. The molecule has 7 rings (SSSR count). The first-order chi connectivity index (χ1) is 17.2. The molecule has 2 fully saturated rings. The van der Waals surface area contributed by atoms with E-state index in [0.29, 0.717) is 5.92 Å². The molecule has 2 N–H and O–H groups in total. The predicted molar refractivity (Wildman–Crippen MR) is 141 cm³/mol. The van der Waals surface area contributed by atoms with Crippen molar-refractivity contribution in [1.82, 2.24) is 9.88 Å². The monoisotopic (exact) mass is 484 g/mol. The number of hydrogen-bond donors (Lipinski definition) is 2. The second-order valence-electron chi connectivity index (χ2n) is 12.3. The molecular formula is C31H36N2O3. The Bertz CT molecular complexity index is 1370. The number of benzene rings is 1. The lowest BCUT2D eigenvalue weighted by atomic mass is 9.56. The molecule has 1 aromatic carbocycles. The molecule has 1 aromatic heterocycles. The zero-order valence-electron chi connectivity index (χ0n) is 21.7. The SMILES string of the molecule is CC1=C2C=C3C(O)C(O)C(N(C)C)CC34CCC2(O4)C2CC=C(c3cccc4ncccc34)C2(C)C1. The average Bonchev–Trinajstić information content (AvgIpc) is 3.36. The van der Waals surface area contributed by atoms with Crippen LogP contribution in [0, 0.1) is 11.3 Å². The normalized spacial score (nSPS) is 41.2. The summed E-state index contributed by atoms with van der Waals surface area (Å²) in [5, 5.41) is 23.4. The minimum Gasteiger partial charge on any atom is -0.388 e. The lowest BCUT2D eigenvalue weighted by Gasteiger charge is -2.56. The van der Waals surface area contributed by atoms with Crippen LogP contribution in [0.1, 0.15) is 51.5 Å². The molecule has 2 aliphatic heterocycles. The number of hydrogen-bond acceptors (Lipinski definition) is 5. The van der Waals surface area contributed by atoms with E-state index in [9.17, 15) is 10.2 Å².